The first-order chi connectivity index (χ1) is 14.7. The molecule has 2 saturated heterocycles. The Hall–Kier alpha value is -2.03. The number of nitrogens with one attached hydrogen (secondary N) is 2. The van der Waals surface area contributed by atoms with E-state index in [1.807, 2.05) is 6.92 Å². The van der Waals surface area contributed by atoms with Crippen LogP contribution in [0.15, 0.2) is 18.2 Å². The SMILES string of the molecule is CC(F)(F)F.CC1CN(C)CCN1.CC1CN(c2ccc(C#N)cc2C(F)(F)F)CCN1. The zero-order valence-corrected chi connectivity index (χ0v) is 18.7. The lowest BCUT2D eigenvalue weighted by Gasteiger charge is -2.35. The molecule has 2 aliphatic rings. The van der Waals surface area contributed by atoms with E-state index in [1.165, 1.54) is 25.2 Å². The van der Waals surface area contributed by atoms with Crippen LogP contribution in [0.3, 0.4) is 0 Å². The molecule has 0 aromatic heterocycles. The predicted molar refractivity (Wildman–Crippen MR) is 113 cm³/mol. The van der Waals surface area contributed by atoms with Crippen LogP contribution in [0.25, 0.3) is 0 Å². The van der Waals surface area contributed by atoms with Gasteiger partial charge in [0.2, 0.25) is 0 Å². The normalized spacial score (nSPS) is 22.1. The molecule has 3 rings (SSSR count). The molecule has 2 fully saturated rings. The van der Waals surface area contributed by atoms with Crippen molar-refractivity contribution in [1.82, 2.24) is 15.5 Å². The Morgan fingerprint density at radius 2 is 1.50 bits per heavy atom. The zero-order chi connectivity index (χ0) is 24.5. The zero-order valence-electron chi connectivity index (χ0n) is 18.7. The largest absolute Gasteiger partial charge is 0.418 e. The number of hydrogen-bond acceptors (Lipinski definition) is 5. The van der Waals surface area contributed by atoms with Crippen molar-refractivity contribution in [1.29, 1.82) is 5.26 Å². The maximum atomic E-state index is 13.1. The fourth-order valence-corrected chi connectivity index (χ4v) is 3.38. The van der Waals surface area contributed by atoms with Crippen molar-refractivity contribution in [2.24, 2.45) is 0 Å². The van der Waals surface area contributed by atoms with Gasteiger partial charge in [0.25, 0.3) is 0 Å². The van der Waals surface area contributed by atoms with Gasteiger partial charge >= 0.3 is 12.4 Å². The summed E-state index contributed by atoms with van der Waals surface area (Å²) in [6.07, 6.45) is -8.45. The van der Waals surface area contributed by atoms with E-state index < -0.39 is 17.9 Å². The number of piperazine rings is 2. The lowest BCUT2D eigenvalue weighted by Crippen LogP contribution is -2.49. The van der Waals surface area contributed by atoms with Gasteiger partial charge in [0.1, 0.15) is 0 Å². The van der Waals surface area contributed by atoms with Crippen LogP contribution in [-0.2, 0) is 6.18 Å². The molecule has 2 heterocycles. The molecule has 1 aromatic rings. The van der Waals surface area contributed by atoms with E-state index in [0.717, 1.165) is 12.6 Å². The number of halogens is 6. The molecular weight excluding hydrogens is 436 g/mol. The summed E-state index contributed by atoms with van der Waals surface area (Å²) in [4.78, 5) is 4.06. The molecule has 5 nitrogen and oxygen atoms in total. The van der Waals surface area contributed by atoms with Gasteiger partial charge in [-0.1, -0.05) is 0 Å². The van der Waals surface area contributed by atoms with Gasteiger partial charge in [0.15, 0.2) is 0 Å². The maximum Gasteiger partial charge on any atom is 0.418 e. The fourth-order valence-electron chi connectivity index (χ4n) is 3.38. The van der Waals surface area contributed by atoms with Gasteiger partial charge in [-0.05, 0) is 39.1 Å². The summed E-state index contributed by atoms with van der Waals surface area (Å²) < 4.78 is 70.3. The first-order valence-electron chi connectivity index (χ1n) is 10.3. The molecule has 32 heavy (non-hydrogen) atoms. The Morgan fingerprint density at radius 3 is 1.91 bits per heavy atom. The fraction of sp³-hybridized carbons (Fsp3) is 0.667. The van der Waals surface area contributed by atoms with E-state index >= 15 is 0 Å². The molecule has 0 saturated carbocycles. The summed E-state index contributed by atoms with van der Waals surface area (Å²) >= 11 is 0. The van der Waals surface area contributed by atoms with E-state index in [1.54, 1.807) is 11.0 Å². The van der Waals surface area contributed by atoms with Gasteiger partial charge in [0, 0.05) is 64.0 Å². The molecular formula is C21H31F6N5. The van der Waals surface area contributed by atoms with E-state index in [-0.39, 0.29) is 24.2 Å². The van der Waals surface area contributed by atoms with Crippen molar-refractivity contribution in [2.45, 2.75) is 45.2 Å². The molecule has 0 radical (unpaired) electrons. The summed E-state index contributed by atoms with van der Waals surface area (Å²) in [5.41, 5.74) is -0.556. The van der Waals surface area contributed by atoms with Gasteiger partial charge in [-0.2, -0.15) is 31.6 Å². The standard InChI is InChI=1S/C13H14F3N3.C6H14N2.C2H3F3/c1-9-8-19(5-4-18-9)12-3-2-10(7-17)6-11(12)13(14,15)16;1-6-5-8(2)4-3-7-6;1-2(3,4)5/h2-3,6,9,18H,4-5,8H2,1H3;6-7H,3-5H2,1-2H3;1H3. The van der Waals surface area contributed by atoms with Gasteiger partial charge < -0.3 is 20.4 Å². The summed E-state index contributed by atoms with van der Waals surface area (Å²) in [7, 11) is 2.16. The predicted octanol–water partition coefficient (Wildman–Crippen LogP) is 3.85. The highest BCUT2D eigenvalue weighted by atomic mass is 19.4. The number of alkyl halides is 6. The minimum absolute atomic E-state index is 0.0271. The summed E-state index contributed by atoms with van der Waals surface area (Å²) in [5.74, 6) is 0. The minimum Gasteiger partial charge on any atom is -0.368 e. The summed E-state index contributed by atoms with van der Waals surface area (Å²) in [5, 5.41) is 15.3. The van der Waals surface area contributed by atoms with Gasteiger partial charge in [-0.15, -0.1) is 0 Å². The average Bonchev–Trinajstić information content (AvgIpc) is 2.66. The third-order valence-corrected chi connectivity index (χ3v) is 4.71. The second-order valence-corrected chi connectivity index (χ2v) is 8.04. The highest BCUT2D eigenvalue weighted by molar-refractivity contribution is 5.58. The van der Waals surface area contributed by atoms with Crippen LogP contribution < -0.4 is 15.5 Å². The third-order valence-electron chi connectivity index (χ3n) is 4.71. The van der Waals surface area contributed by atoms with E-state index in [4.69, 9.17) is 5.26 Å². The highest BCUT2D eigenvalue weighted by Gasteiger charge is 2.35. The van der Waals surface area contributed by atoms with Crippen molar-refractivity contribution < 1.29 is 26.3 Å². The molecule has 0 bridgehead atoms. The second-order valence-electron chi connectivity index (χ2n) is 8.04. The number of rotatable bonds is 1. The van der Waals surface area contributed by atoms with Crippen molar-refractivity contribution in [3.05, 3.63) is 29.3 Å². The van der Waals surface area contributed by atoms with Gasteiger partial charge in [0.05, 0.1) is 17.2 Å². The molecule has 182 valence electrons. The van der Waals surface area contributed by atoms with Crippen LogP contribution in [0.1, 0.15) is 31.9 Å². The van der Waals surface area contributed by atoms with Crippen molar-refractivity contribution >= 4 is 5.69 Å². The van der Waals surface area contributed by atoms with Crippen LogP contribution in [0.4, 0.5) is 32.0 Å². The average molecular weight is 468 g/mol. The molecule has 2 unspecified atom stereocenters. The molecule has 0 spiro atoms. The maximum absolute atomic E-state index is 13.1. The summed E-state index contributed by atoms with van der Waals surface area (Å²) in [6, 6.07) is 6.31. The van der Waals surface area contributed by atoms with Crippen LogP contribution in [0, 0.1) is 11.3 Å². The molecule has 2 aliphatic heterocycles. The number of nitriles is 1. The van der Waals surface area contributed by atoms with Crippen molar-refractivity contribution in [2.75, 3.05) is 51.2 Å². The van der Waals surface area contributed by atoms with Crippen molar-refractivity contribution in [3.63, 3.8) is 0 Å². The molecule has 11 heteroatoms. The Morgan fingerprint density at radius 1 is 0.969 bits per heavy atom. The van der Waals surface area contributed by atoms with Crippen LogP contribution >= 0.6 is 0 Å². The molecule has 1 aromatic carbocycles. The second kappa shape index (κ2) is 12.3. The molecule has 0 amide bonds. The van der Waals surface area contributed by atoms with Crippen LogP contribution in [0.2, 0.25) is 0 Å². The monoisotopic (exact) mass is 467 g/mol. The molecule has 2 atom stereocenters. The van der Waals surface area contributed by atoms with E-state index in [2.05, 4.69) is 29.5 Å². The van der Waals surface area contributed by atoms with E-state index in [0.29, 0.717) is 25.7 Å². The Kier molecular flexibility index (Phi) is 10.7. The minimum atomic E-state index is -4.45. The number of anilines is 1. The quantitative estimate of drug-likeness (QED) is 0.615. The molecule has 0 aliphatic carbocycles. The summed E-state index contributed by atoms with van der Waals surface area (Å²) in [6.45, 7) is 9.58. The van der Waals surface area contributed by atoms with E-state index in [9.17, 15) is 26.3 Å². The topological polar surface area (TPSA) is 54.3 Å². The molecule has 2 N–H and O–H groups in total. The highest BCUT2D eigenvalue weighted by Crippen LogP contribution is 2.37. The first kappa shape index (κ1) is 28.0. The number of likely N-dealkylation sites (N-methyl/N-ethyl adjacent to an activating group) is 1. The number of nitrogens with zero attached hydrogens (tertiary/aromatic N) is 3. The third kappa shape index (κ3) is 11.0. The van der Waals surface area contributed by atoms with Gasteiger partial charge in [-0.3, -0.25) is 0 Å². The Bertz CT molecular complexity index is 730. The lowest BCUT2D eigenvalue weighted by molar-refractivity contribution is -0.137. The number of hydrogen-bond donors (Lipinski definition) is 2. The number of benzene rings is 1. The Labute approximate surface area is 185 Å². The lowest BCUT2D eigenvalue weighted by atomic mass is 10.1. The Balaban J connectivity index is 0.000000323. The van der Waals surface area contributed by atoms with Crippen LogP contribution in [0.5, 0.6) is 0 Å². The van der Waals surface area contributed by atoms with Gasteiger partial charge in [-0.25, -0.2) is 0 Å². The smallest absolute Gasteiger partial charge is 0.368 e. The first-order valence-corrected chi connectivity index (χ1v) is 10.3. The van der Waals surface area contributed by atoms with Crippen LogP contribution in [-0.4, -0.2) is 69.5 Å². The van der Waals surface area contributed by atoms with Crippen molar-refractivity contribution in [3.8, 4) is 6.07 Å².